The summed E-state index contributed by atoms with van der Waals surface area (Å²) < 4.78 is 11.8. The summed E-state index contributed by atoms with van der Waals surface area (Å²) in [4.78, 5) is 2.57. The van der Waals surface area contributed by atoms with Crippen LogP contribution >= 0.6 is 22.9 Å². The van der Waals surface area contributed by atoms with E-state index in [1.165, 1.54) is 9.75 Å². The molecule has 3 heterocycles. The van der Waals surface area contributed by atoms with Gasteiger partial charge in [0.15, 0.2) is 0 Å². The average molecular weight is 425 g/mol. The molecule has 3 N–H and O–H groups in total. The van der Waals surface area contributed by atoms with Crippen LogP contribution in [-0.4, -0.2) is 39.7 Å². The summed E-state index contributed by atoms with van der Waals surface area (Å²) in [6, 6.07) is 8.03. The van der Waals surface area contributed by atoms with Crippen LogP contribution in [0, 0.1) is 0 Å². The molecule has 0 unspecified atom stereocenters. The predicted octanol–water partition coefficient (Wildman–Crippen LogP) is 3.13. The minimum atomic E-state index is -1.49. The maximum atomic E-state index is 10.7. The van der Waals surface area contributed by atoms with Gasteiger partial charge in [-0.25, -0.2) is 0 Å². The quantitative estimate of drug-likeness (QED) is 0.702. The summed E-state index contributed by atoms with van der Waals surface area (Å²) >= 11 is 8.31. The zero-order valence-corrected chi connectivity index (χ0v) is 17.5. The van der Waals surface area contributed by atoms with Crippen LogP contribution in [0.25, 0.3) is 0 Å². The maximum Gasteiger partial charge on any atom is 0.225 e. The van der Waals surface area contributed by atoms with Crippen LogP contribution in [0.5, 0.6) is 0 Å². The van der Waals surface area contributed by atoms with Gasteiger partial charge in [0.05, 0.1) is 12.7 Å². The summed E-state index contributed by atoms with van der Waals surface area (Å²) in [7, 11) is 0. The van der Waals surface area contributed by atoms with E-state index in [-0.39, 0.29) is 6.61 Å². The molecule has 1 saturated heterocycles. The van der Waals surface area contributed by atoms with Crippen molar-refractivity contribution in [3.05, 3.63) is 55.7 Å². The monoisotopic (exact) mass is 424 g/mol. The van der Waals surface area contributed by atoms with Gasteiger partial charge in [0.25, 0.3) is 0 Å². The Morgan fingerprint density at radius 2 is 1.93 bits per heavy atom. The van der Waals surface area contributed by atoms with Gasteiger partial charge < -0.3 is 24.8 Å². The van der Waals surface area contributed by atoms with E-state index in [4.69, 9.17) is 21.1 Å². The number of halogens is 1. The number of rotatable bonds is 4. The first-order chi connectivity index (χ1) is 13.4. The van der Waals surface area contributed by atoms with Crippen molar-refractivity contribution >= 4 is 22.9 Å². The van der Waals surface area contributed by atoms with E-state index in [2.05, 4.69) is 19.1 Å². The normalized spacial score (nSPS) is 32.1. The number of fused-ring (bicyclic) bond motifs is 2. The third kappa shape index (κ3) is 3.31. The molecule has 0 saturated carbocycles. The third-order valence-corrected chi connectivity index (χ3v) is 7.07. The fraction of sp³-hybridized carbons (Fsp3) is 0.524. The lowest BCUT2D eigenvalue weighted by Gasteiger charge is -2.45. The molecule has 5 nitrogen and oxygen atoms in total. The van der Waals surface area contributed by atoms with Gasteiger partial charge in [-0.05, 0) is 48.7 Å². The minimum Gasteiger partial charge on any atom is -0.388 e. The third-order valence-electron chi connectivity index (χ3n) is 5.57. The summed E-state index contributed by atoms with van der Waals surface area (Å²) in [5, 5.41) is 31.7. The van der Waals surface area contributed by atoms with Crippen LogP contribution in [0.2, 0.25) is 5.02 Å². The zero-order valence-electron chi connectivity index (χ0n) is 15.9. The summed E-state index contributed by atoms with van der Waals surface area (Å²) in [6.07, 6.45) is -1.76. The van der Waals surface area contributed by atoms with Gasteiger partial charge in [0.1, 0.15) is 18.3 Å². The van der Waals surface area contributed by atoms with E-state index in [0.717, 1.165) is 24.0 Å². The second-order valence-corrected chi connectivity index (χ2v) is 9.26. The standard InChI is InChI=1S/C21H25ClO5S/c1-3-4-14-5-6-15(28-14)7-12-8-16-13(9-17(12)22)10-26-21(16)20(25)19(24)18(23)11(2)27-21/h5-6,8-9,11,18-20,23-25H,3-4,7,10H2,1-2H3/t11-,18-,19+,20-,21+/m1/s1. The highest BCUT2D eigenvalue weighted by Crippen LogP contribution is 2.47. The Balaban J connectivity index is 1.69. The van der Waals surface area contributed by atoms with Gasteiger partial charge in [0, 0.05) is 26.8 Å². The number of ether oxygens (including phenoxy) is 2. The Bertz CT molecular complexity index is 868. The van der Waals surface area contributed by atoms with E-state index in [0.29, 0.717) is 17.0 Å². The van der Waals surface area contributed by atoms with Gasteiger partial charge in [-0.1, -0.05) is 24.9 Å². The summed E-state index contributed by atoms with van der Waals surface area (Å²) in [5.74, 6) is -1.49. The number of benzene rings is 1. The molecular formula is C21H25ClO5S. The lowest BCUT2D eigenvalue weighted by molar-refractivity contribution is -0.362. The van der Waals surface area contributed by atoms with Gasteiger partial charge >= 0.3 is 0 Å². The molecule has 1 fully saturated rings. The average Bonchev–Trinajstić information content (AvgIpc) is 3.25. The molecule has 1 aromatic carbocycles. The SMILES string of the molecule is CCCc1ccc(Cc2cc3c(cc2Cl)CO[C@]32O[C@H](C)[C@@H](O)[C@H](O)[C@H]2O)s1. The minimum absolute atomic E-state index is 0.224. The van der Waals surface area contributed by atoms with Crippen molar-refractivity contribution in [1.29, 1.82) is 0 Å². The highest BCUT2D eigenvalue weighted by Gasteiger charge is 2.57. The van der Waals surface area contributed by atoms with E-state index in [1.807, 2.05) is 12.1 Å². The molecule has 1 spiro atoms. The molecule has 28 heavy (non-hydrogen) atoms. The van der Waals surface area contributed by atoms with Crippen LogP contribution in [0.15, 0.2) is 24.3 Å². The van der Waals surface area contributed by atoms with Crippen molar-refractivity contribution in [2.75, 3.05) is 0 Å². The van der Waals surface area contributed by atoms with Gasteiger partial charge in [0.2, 0.25) is 5.79 Å². The van der Waals surface area contributed by atoms with Crippen molar-refractivity contribution in [1.82, 2.24) is 0 Å². The van der Waals surface area contributed by atoms with Crippen molar-refractivity contribution in [2.45, 2.75) is 69.9 Å². The van der Waals surface area contributed by atoms with Gasteiger partial charge in [-0.3, -0.25) is 0 Å². The van der Waals surface area contributed by atoms with Crippen LogP contribution in [0.3, 0.4) is 0 Å². The number of aryl methyl sites for hydroxylation is 1. The largest absolute Gasteiger partial charge is 0.388 e. The van der Waals surface area contributed by atoms with Crippen molar-refractivity contribution in [2.24, 2.45) is 0 Å². The van der Waals surface area contributed by atoms with Crippen LogP contribution in [-0.2, 0) is 34.7 Å². The number of aliphatic hydroxyl groups is 3. The first-order valence-corrected chi connectivity index (χ1v) is 10.8. The molecule has 5 atom stereocenters. The fourth-order valence-electron chi connectivity index (χ4n) is 4.03. The molecule has 7 heteroatoms. The Labute approximate surface area is 173 Å². The first-order valence-electron chi connectivity index (χ1n) is 9.61. The van der Waals surface area contributed by atoms with Gasteiger partial charge in [-0.15, -0.1) is 11.3 Å². The molecule has 152 valence electrons. The molecular weight excluding hydrogens is 400 g/mol. The molecule has 0 amide bonds. The molecule has 2 aliphatic rings. The van der Waals surface area contributed by atoms with Crippen LogP contribution in [0.1, 0.15) is 46.7 Å². The Kier molecular flexibility index (Phi) is 5.57. The molecule has 0 radical (unpaired) electrons. The van der Waals surface area contributed by atoms with E-state index in [9.17, 15) is 15.3 Å². The maximum absolute atomic E-state index is 10.7. The van der Waals surface area contributed by atoms with Crippen molar-refractivity contribution in [3.8, 4) is 0 Å². The highest BCUT2D eigenvalue weighted by molar-refractivity contribution is 7.12. The van der Waals surface area contributed by atoms with Gasteiger partial charge in [-0.2, -0.15) is 0 Å². The summed E-state index contributed by atoms with van der Waals surface area (Å²) in [6.45, 7) is 4.04. The lowest BCUT2D eigenvalue weighted by Crippen LogP contribution is -2.62. The van der Waals surface area contributed by atoms with Crippen LogP contribution < -0.4 is 0 Å². The Morgan fingerprint density at radius 3 is 2.68 bits per heavy atom. The highest BCUT2D eigenvalue weighted by atomic mass is 35.5. The Morgan fingerprint density at radius 1 is 1.18 bits per heavy atom. The van der Waals surface area contributed by atoms with E-state index < -0.39 is 30.2 Å². The topological polar surface area (TPSA) is 79.2 Å². The van der Waals surface area contributed by atoms with Crippen molar-refractivity contribution < 1.29 is 24.8 Å². The smallest absolute Gasteiger partial charge is 0.225 e. The molecule has 0 bridgehead atoms. The second-order valence-electron chi connectivity index (χ2n) is 7.60. The van der Waals surface area contributed by atoms with E-state index in [1.54, 1.807) is 18.3 Å². The van der Waals surface area contributed by atoms with Crippen LogP contribution in [0.4, 0.5) is 0 Å². The van der Waals surface area contributed by atoms with E-state index >= 15 is 0 Å². The predicted molar refractivity (Wildman–Crippen MR) is 108 cm³/mol. The molecule has 4 rings (SSSR count). The number of thiophene rings is 1. The molecule has 0 aliphatic carbocycles. The molecule has 2 aromatic rings. The van der Waals surface area contributed by atoms with Crippen molar-refractivity contribution in [3.63, 3.8) is 0 Å². The number of aliphatic hydroxyl groups excluding tert-OH is 3. The Hall–Kier alpha value is -0.990. The fourth-order valence-corrected chi connectivity index (χ4v) is 5.43. The molecule has 2 aliphatic heterocycles. The first kappa shape index (κ1) is 20.3. The summed E-state index contributed by atoms with van der Waals surface area (Å²) in [5.41, 5.74) is 2.41. The number of hydrogen-bond acceptors (Lipinski definition) is 6. The second kappa shape index (κ2) is 7.69. The zero-order chi connectivity index (χ0) is 20.1. The lowest BCUT2D eigenvalue weighted by atomic mass is 9.87. The molecule has 1 aromatic heterocycles. The number of hydrogen-bond donors (Lipinski definition) is 3.